The predicted octanol–water partition coefficient (Wildman–Crippen LogP) is 3.27. The third-order valence-corrected chi connectivity index (χ3v) is 4.04. The number of nitrogens with zero attached hydrogens (tertiary/aromatic N) is 1. The maximum atomic E-state index is 5.32. The van der Waals surface area contributed by atoms with Crippen molar-refractivity contribution in [1.82, 2.24) is 0 Å². The summed E-state index contributed by atoms with van der Waals surface area (Å²) < 4.78 is 7.78. The summed E-state index contributed by atoms with van der Waals surface area (Å²) in [5, 5.41) is 0. The molecule has 1 heterocycles. The molecule has 0 unspecified atom stereocenters. The molecule has 2 nitrogen and oxygen atoms in total. The zero-order valence-electron chi connectivity index (χ0n) is 12.1. The first-order chi connectivity index (χ1) is 9.78. The molecule has 0 amide bonds. The second-order valence-electron chi connectivity index (χ2n) is 5.27. The van der Waals surface area contributed by atoms with Gasteiger partial charge in [0.05, 0.1) is 7.11 Å². The van der Waals surface area contributed by atoms with Gasteiger partial charge in [-0.25, -0.2) is 4.58 Å². The van der Waals surface area contributed by atoms with Crippen molar-refractivity contribution < 1.29 is 9.31 Å². The SMILES string of the molecule is COc1ccc2c(c1)CC[N+](Cc1ccccc1)=C2C. The molecule has 0 aromatic heterocycles. The monoisotopic (exact) mass is 266 g/mol. The smallest absolute Gasteiger partial charge is 0.180 e. The van der Waals surface area contributed by atoms with Crippen LogP contribution in [0.1, 0.15) is 23.6 Å². The van der Waals surface area contributed by atoms with Crippen molar-refractivity contribution in [2.24, 2.45) is 0 Å². The Morgan fingerprint density at radius 2 is 1.90 bits per heavy atom. The van der Waals surface area contributed by atoms with Gasteiger partial charge in [-0.1, -0.05) is 30.3 Å². The summed E-state index contributed by atoms with van der Waals surface area (Å²) in [5.74, 6) is 0.952. The zero-order valence-corrected chi connectivity index (χ0v) is 12.1. The predicted molar refractivity (Wildman–Crippen MR) is 81.8 cm³/mol. The summed E-state index contributed by atoms with van der Waals surface area (Å²) >= 11 is 0. The molecular weight excluding hydrogens is 246 g/mol. The molecule has 0 spiro atoms. The second kappa shape index (κ2) is 5.49. The Bertz CT molecular complexity index is 644. The average Bonchev–Trinajstić information content (AvgIpc) is 2.51. The van der Waals surface area contributed by atoms with Crippen molar-refractivity contribution in [2.75, 3.05) is 13.7 Å². The van der Waals surface area contributed by atoms with E-state index in [1.807, 2.05) is 6.07 Å². The highest BCUT2D eigenvalue weighted by Gasteiger charge is 2.22. The number of ether oxygens (including phenoxy) is 1. The van der Waals surface area contributed by atoms with Crippen molar-refractivity contribution in [3.8, 4) is 5.75 Å². The van der Waals surface area contributed by atoms with Crippen LogP contribution in [0.3, 0.4) is 0 Å². The molecule has 2 heteroatoms. The Kier molecular flexibility index (Phi) is 3.55. The topological polar surface area (TPSA) is 12.2 Å². The van der Waals surface area contributed by atoms with E-state index in [9.17, 15) is 0 Å². The van der Waals surface area contributed by atoms with Crippen LogP contribution in [0.25, 0.3) is 0 Å². The molecule has 0 bridgehead atoms. The van der Waals surface area contributed by atoms with Crippen LogP contribution in [0.2, 0.25) is 0 Å². The van der Waals surface area contributed by atoms with E-state index < -0.39 is 0 Å². The molecular formula is C18H20NO+. The maximum absolute atomic E-state index is 5.32. The van der Waals surface area contributed by atoms with Crippen LogP contribution in [0.5, 0.6) is 5.75 Å². The molecule has 0 atom stereocenters. The van der Waals surface area contributed by atoms with Crippen molar-refractivity contribution in [3.05, 3.63) is 65.2 Å². The van der Waals surface area contributed by atoms with Gasteiger partial charge in [0.25, 0.3) is 0 Å². The molecule has 0 saturated carbocycles. The summed E-state index contributed by atoms with van der Waals surface area (Å²) in [7, 11) is 1.73. The van der Waals surface area contributed by atoms with Crippen molar-refractivity contribution in [2.45, 2.75) is 19.9 Å². The Morgan fingerprint density at radius 1 is 1.10 bits per heavy atom. The van der Waals surface area contributed by atoms with Crippen LogP contribution in [-0.2, 0) is 13.0 Å². The van der Waals surface area contributed by atoms with Crippen molar-refractivity contribution in [3.63, 3.8) is 0 Å². The largest absolute Gasteiger partial charge is 0.497 e. The van der Waals surface area contributed by atoms with Gasteiger partial charge in [-0.2, -0.15) is 0 Å². The third-order valence-electron chi connectivity index (χ3n) is 4.04. The number of methoxy groups -OCH3 is 1. The molecule has 0 aliphatic carbocycles. The molecule has 0 saturated heterocycles. The van der Waals surface area contributed by atoms with Crippen LogP contribution >= 0.6 is 0 Å². The van der Waals surface area contributed by atoms with E-state index in [0.717, 1.165) is 25.3 Å². The summed E-state index contributed by atoms with van der Waals surface area (Å²) in [6, 6.07) is 17.1. The van der Waals surface area contributed by atoms with Crippen molar-refractivity contribution in [1.29, 1.82) is 0 Å². The number of rotatable bonds is 3. The van der Waals surface area contributed by atoms with E-state index in [0.29, 0.717) is 0 Å². The number of benzene rings is 2. The van der Waals surface area contributed by atoms with Gasteiger partial charge in [-0.3, -0.25) is 0 Å². The van der Waals surface area contributed by atoms with Crippen LogP contribution in [0.15, 0.2) is 48.5 Å². The lowest BCUT2D eigenvalue weighted by Crippen LogP contribution is -2.28. The minimum Gasteiger partial charge on any atom is -0.497 e. The Balaban J connectivity index is 1.92. The molecule has 3 rings (SSSR count). The maximum Gasteiger partial charge on any atom is 0.180 e. The van der Waals surface area contributed by atoms with Gasteiger partial charge in [0.15, 0.2) is 12.3 Å². The highest BCUT2D eigenvalue weighted by Crippen LogP contribution is 2.22. The highest BCUT2D eigenvalue weighted by atomic mass is 16.5. The zero-order chi connectivity index (χ0) is 13.9. The quantitative estimate of drug-likeness (QED) is 0.777. The number of fused-ring (bicyclic) bond motifs is 1. The van der Waals surface area contributed by atoms with Gasteiger partial charge < -0.3 is 4.74 Å². The number of hydrogen-bond acceptors (Lipinski definition) is 1. The first kappa shape index (κ1) is 12.9. The molecule has 2 aromatic rings. The third kappa shape index (κ3) is 2.46. The normalized spacial score (nSPS) is 14.1. The fraction of sp³-hybridized carbons (Fsp3) is 0.278. The van der Waals surface area contributed by atoms with Gasteiger partial charge in [-0.15, -0.1) is 0 Å². The van der Waals surface area contributed by atoms with E-state index in [2.05, 4.69) is 54.0 Å². The summed E-state index contributed by atoms with van der Waals surface area (Å²) in [6.07, 6.45) is 1.08. The van der Waals surface area contributed by atoms with Gasteiger partial charge >= 0.3 is 0 Å². The lowest BCUT2D eigenvalue weighted by atomic mass is 9.97. The minimum atomic E-state index is 0.952. The fourth-order valence-electron chi connectivity index (χ4n) is 2.85. The Morgan fingerprint density at radius 3 is 2.65 bits per heavy atom. The summed E-state index contributed by atoms with van der Waals surface area (Å²) in [6.45, 7) is 4.27. The first-order valence-corrected chi connectivity index (χ1v) is 7.07. The Hall–Kier alpha value is -2.09. The van der Waals surface area contributed by atoms with Gasteiger partial charge in [0.2, 0.25) is 0 Å². The standard InChI is InChI=1S/C18H20NO/c1-14-18-9-8-17(20-2)12-16(18)10-11-19(14)13-15-6-4-3-5-7-15/h3-9,12H,10-11,13H2,1-2H3/q+1. The molecule has 0 N–H and O–H groups in total. The average molecular weight is 266 g/mol. The van der Waals surface area contributed by atoms with Crippen molar-refractivity contribution >= 4 is 5.71 Å². The van der Waals surface area contributed by atoms with E-state index in [4.69, 9.17) is 4.74 Å². The molecule has 0 fully saturated rings. The fourth-order valence-corrected chi connectivity index (χ4v) is 2.85. The van der Waals surface area contributed by atoms with Crippen LogP contribution in [0, 0.1) is 0 Å². The lowest BCUT2D eigenvalue weighted by molar-refractivity contribution is -0.545. The molecule has 1 aliphatic heterocycles. The number of hydrogen-bond donors (Lipinski definition) is 0. The van der Waals surface area contributed by atoms with Crippen LogP contribution in [-0.4, -0.2) is 23.9 Å². The molecule has 0 radical (unpaired) electrons. The highest BCUT2D eigenvalue weighted by molar-refractivity contribution is 5.97. The van der Waals surface area contributed by atoms with E-state index >= 15 is 0 Å². The molecule has 102 valence electrons. The Labute approximate surface area is 120 Å². The van der Waals surface area contributed by atoms with Crippen LogP contribution < -0.4 is 4.74 Å². The van der Waals surface area contributed by atoms with Crippen LogP contribution in [0.4, 0.5) is 0 Å². The van der Waals surface area contributed by atoms with Gasteiger partial charge in [0, 0.05) is 24.5 Å². The van der Waals surface area contributed by atoms with Gasteiger partial charge in [0.1, 0.15) is 12.3 Å². The van der Waals surface area contributed by atoms with E-state index in [1.54, 1.807) is 7.11 Å². The molecule has 20 heavy (non-hydrogen) atoms. The second-order valence-corrected chi connectivity index (χ2v) is 5.27. The summed E-state index contributed by atoms with van der Waals surface area (Å²) in [5.41, 5.74) is 5.47. The minimum absolute atomic E-state index is 0.952. The first-order valence-electron chi connectivity index (χ1n) is 7.07. The molecule has 1 aliphatic rings. The van der Waals surface area contributed by atoms with E-state index in [-0.39, 0.29) is 0 Å². The van der Waals surface area contributed by atoms with E-state index in [1.165, 1.54) is 22.4 Å². The molecule has 2 aromatic carbocycles. The summed E-state index contributed by atoms with van der Waals surface area (Å²) in [4.78, 5) is 0. The lowest BCUT2D eigenvalue weighted by Gasteiger charge is -2.17. The van der Waals surface area contributed by atoms with Gasteiger partial charge in [-0.05, 0) is 23.8 Å².